The molecule has 4 heteroatoms. The van der Waals surface area contributed by atoms with Crippen LogP contribution >= 0.6 is 0 Å². The predicted octanol–water partition coefficient (Wildman–Crippen LogP) is 7.82. The van der Waals surface area contributed by atoms with E-state index in [0.717, 1.165) is 50.0 Å². The molecule has 36 heavy (non-hydrogen) atoms. The lowest BCUT2D eigenvalue weighted by Gasteiger charge is -2.11. The van der Waals surface area contributed by atoms with Crippen molar-refractivity contribution in [3.63, 3.8) is 0 Å². The van der Waals surface area contributed by atoms with E-state index in [9.17, 15) is 0 Å². The van der Waals surface area contributed by atoms with Crippen LogP contribution < -0.4 is 0 Å². The standard InChI is InChI=1S/C32H20N4/c1-2-12-22(13-3-1)35-29-18-9-19-33-30(29)26-20-25-24-15-6-7-16-28(24)36(31(25)34-32(26)35)27-17-8-11-21-10-4-5-14-23(21)27/h1-20H. The summed E-state index contributed by atoms with van der Waals surface area (Å²) in [6, 6.07) is 40.4. The van der Waals surface area contributed by atoms with E-state index in [2.05, 4.69) is 112 Å². The van der Waals surface area contributed by atoms with E-state index in [0.29, 0.717) is 0 Å². The van der Waals surface area contributed by atoms with Crippen molar-refractivity contribution in [3.8, 4) is 11.4 Å². The lowest BCUT2D eigenvalue weighted by Crippen LogP contribution is -1.99. The van der Waals surface area contributed by atoms with Crippen molar-refractivity contribution in [1.29, 1.82) is 0 Å². The molecular formula is C32H20N4. The van der Waals surface area contributed by atoms with Crippen molar-refractivity contribution in [2.24, 2.45) is 0 Å². The minimum Gasteiger partial charge on any atom is -0.293 e. The number of fused-ring (bicyclic) bond motifs is 7. The minimum absolute atomic E-state index is 0.909. The maximum atomic E-state index is 5.40. The normalized spacial score (nSPS) is 11.9. The first-order chi connectivity index (χ1) is 17.9. The third-order valence-corrected chi connectivity index (χ3v) is 7.15. The molecule has 0 fully saturated rings. The minimum atomic E-state index is 0.909. The van der Waals surface area contributed by atoms with E-state index in [1.165, 1.54) is 16.2 Å². The van der Waals surface area contributed by atoms with Gasteiger partial charge in [0.15, 0.2) is 0 Å². The van der Waals surface area contributed by atoms with Gasteiger partial charge in [0.2, 0.25) is 0 Å². The molecule has 4 nitrogen and oxygen atoms in total. The van der Waals surface area contributed by atoms with Gasteiger partial charge in [0, 0.05) is 33.4 Å². The summed E-state index contributed by atoms with van der Waals surface area (Å²) in [4.78, 5) is 10.2. The van der Waals surface area contributed by atoms with Crippen molar-refractivity contribution >= 4 is 54.8 Å². The fourth-order valence-electron chi connectivity index (χ4n) is 5.60. The van der Waals surface area contributed by atoms with E-state index in [-0.39, 0.29) is 0 Å². The molecule has 0 aliphatic rings. The van der Waals surface area contributed by atoms with Crippen LogP contribution in [0.2, 0.25) is 0 Å². The third-order valence-electron chi connectivity index (χ3n) is 7.15. The molecule has 0 saturated heterocycles. The van der Waals surface area contributed by atoms with Gasteiger partial charge in [-0.25, -0.2) is 4.98 Å². The van der Waals surface area contributed by atoms with Gasteiger partial charge in [0.1, 0.15) is 11.3 Å². The zero-order valence-electron chi connectivity index (χ0n) is 19.3. The summed E-state index contributed by atoms with van der Waals surface area (Å²) in [5.74, 6) is 0. The van der Waals surface area contributed by atoms with Crippen molar-refractivity contribution < 1.29 is 0 Å². The van der Waals surface area contributed by atoms with E-state index >= 15 is 0 Å². The molecule has 168 valence electrons. The second-order valence-electron chi connectivity index (χ2n) is 9.12. The molecular weight excluding hydrogens is 440 g/mol. The lowest BCUT2D eigenvalue weighted by molar-refractivity contribution is 1.11. The third kappa shape index (κ3) is 2.58. The fraction of sp³-hybridized carbons (Fsp3) is 0. The Kier molecular flexibility index (Phi) is 3.91. The highest BCUT2D eigenvalue weighted by Crippen LogP contribution is 2.38. The zero-order valence-corrected chi connectivity index (χ0v) is 19.3. The maximum Gasteiger partial charge on any atom is 0.149 e. The molecule has 0 saturated carbocycles. The highest BCUT2D eigenvalue weighted by Gasteiger charge is 2.20. The Balaban J connectivity index is 1.59. The summed E-state index contributed by atoms with van der Waals surface area (Å²) < 4.78 is 4.54. The number of hydrogen-bond acceptors (Lipinski definition) is 2. The van der Waals surface area contributed by atoms with Gasteiger partial charge in [-0.05, 0) is 47.9 Å². The van der Waals surface area contributed by atoms with Gasteiger partial charge < -0.3 is 0 Å². The Hall–Kier alpha value is -4.96. The van der Waals surface area contributed by atoms with Crippen LogP contribution in [0.4, 0.5) is 0 Å². The first-order valence-electron chi connectivity index (χ1n) is 12.1. The molecule has 0 unspecified atom stereocenters. The Bertz CT molecular complexity index is 2090. The molecule has 0 bridgehead atoms. The Morgan fingerprint density at radius 2 is 1.22 bits per heavy atom. The molecule has 4 aromatic heterocycles. The topological polar surface area (TPSA) is 35.6 Å². The molecule has 4 heterocycles. The first kappa shape index (κ1) is 19.4. The number of benzene rings is 4. The van der Waals surface area contributed by atoms with Gasteiger partial charge in [0.25, 0.3) is 0 Å². The highest BCUT2D eigenvalue weighted by molar-refractivity contribution is 6.16. The van der Waals surface area contributed by atoms with E-state index in [1.54, 1.807) is 0 Å². The van der Waals surface area contributed by atoms with Crippen LogP contribution in [0.1, 0.15) is 0 Å². The molecule has 0 aliphatic carbocycles. The predicted molar refractivity (Wildman–Crippen MR) is 148 cm³/mol. The second kappa shape index (κ2) is 7.27. The van der Waals surface area contributed by atoms with Gasteiger partial charge >= 0.3 is 0 Å². The van der Waals surface area contributed by atoms with Crippen molar-refractivity contribution in [1.82, 2.24) is 19.1 Å². The smallest absolute Gasteiger partial charge is 0.149 e. The Morgan fingerprint density at radius 3 is 2.14 bits per heavy atom. The number of hydrogen-bond donors (Lipinski definition) is 0. The van der Waals surface area contributed by atoms with E-state index in [1.807, 2.05) is 18.3 Å². The summed E-state index contributed by atoms with van der Waals surface area (Å²) in [5.41, 5.74) is 7.23. The summed E-state index contributed by atoms with van der Waals surface area (Å²) >= 11 is 0. The molecule has 0 N–H and O–H groups in total. The van der Waals surface area contributed by atoms with Crippen LogP contribution in [0.25, 0.3) is 66.2 Å². The average Bonchev–Trinajstić information content (AvgIpc) is 3.44. The molecule has 0 amide bonds. The van der Waals surface area contributed by atoms with Crippen LogP contribution in [0.15, 0.2) is 121 Å². The second-order valence-corrected chi connectivity index (χ2v) is 9.12. The molecule has 0 atom stereocenters. The van der Waals surface area contributed by atoms with Crippen LogP contribution in [0, 0.1) is 0 Å². The number of rotatable bonds is 2. The summed E-state index contributed by atoms with van der Waals surface area (Å²) in [6.45, 7) is 0. The van der Waals surface area contributed by atoms with Gasteiger partial charge in [-0.1, -0.05) is 72.8 Å². The molecule has 0 spiro atoms. The molecule has 0 radical (unpaired) electrons. The maximum absolute atomic E-state index is 5.40. The lowest BCUT2D eigenvalue weighted by atomic mass is 10.1. The fourth-order valence-corrected chi connectivity index (χ4v) is 5.60. The van der Waals surface area contributed by atoms with Crippen molar-refractivity contribution in [2.75, 3.05) is 0 Å². The van der Waals surface area contributed by atoms with E-state index in [4.69, 9.17) is 9.97 Å². The monoisotopic (exact) mass is 460 g/mol. The summed E-state index contributed by atoms with van der Waals surface area (Å²) in [7, 11) is 0. The molecule has 4 aromatic carbocycles. The van der Waals surface area contributed by atoms with Gasteiger partial charge in [-0.15, -0.1) is 0 Å². The first-order valence-corrected chi connectivity index (χ1v) is 12.1. The van der Waals surface area contributed by atoms with Gasteiger partial charge in [-0.3, -0.25) is 14.1 Å². The average molecular weight is 461 g/mol. The van der Waals surface area contributed by atoms with Gasteiger partial charge in [-0.2, -0.15) is 0 Å². The van der Waals surface area contributed by atoms with Crippen LogP contribution in [-0.4, -0.2) is 19.1 Å². The zero-order chi connectivity index (χ0) is 23.6. The number of aromatic nitrogens is 4. The van der Waals surface area contributed by atoms with Crippen LogP contribution in [0.5, 0.6) is 0 Å². The summed E-state index contributed by atoms with van der Waals surface area (Å²) in [5, 5.41) is 5.79. The molecule has 8 rings (SSSR count). The SMILES string of the molecule is c1ccc(-n2c3cccnc3c3cc4c5ccccc5n(-c5cccc6ccccc56)c4nc32)cc1. The summed E-state index contributed by atoms with van der Waals surface area (Å²) in [6.07, 6.45) is 1.86. The van der Waals surface area contributed by atoms with Gasteiger partial charge in [0.05, 0.1) is 22.2 Å². The number of nitrogens with zero attached hydrogens (tertiary/aromatic N) is 4. The van der Waals surface area contributed by atoms with Crippen LogP contribution in [0.3, 0.4) is 0 Å². The van der Waals surface area contributed by atoms with Crippen molar-refractivity contribution in [2.45, 2.75) is 0 Å². The molecule has 8 aromatic rings. The highest BCUT2D eigenvalue weighted by atomic mass is 15.1. The number of pyridine rings is 2. The Morgan fingerprint density at radius 1 is 0.500 bits per heavy atom. The quantitative estimate of drug-likeness (QED) is 0.264. The Labute approximate surface area is 206 Å². The van der Waals surface area contributed by atoms with Crippen molar-refractivity contribution in [3.05, 3.63) is 121 Å². The van der Waals surface area contributed by atoms with E-state index < -0.39 is 0 Å². The molecule has 0 aliphatic heterocycles. The largest absolute Gasteiger partial charge is 0.293 e. The number of para-hydroxylation sites is 2. The van der Waals surface area contributed by atoms with Crippen LogP contribution in [-0.2, 0) is 0 Å².